The van der Waals surface area contributed by atoms with Crippen molar-refractivity contribution in [2.24, 2.45) is 0 Å². The molecule has 120 valence electrons. The summed E-state index contributed by atoms with van der Waals surface area (Å²) in [4.78, 5) is 23.2. The topological polar surface area (TPSA) is 55.4 Å². The molecular weight excluding hydrogens is 372 g/mol. The van der Waals surface area contributed by atoms with Gasteiger partial charge in [0.05, 0.1) is 12.1 Å². The number of nitrogens with one attached hydrogen (secondary N) is 1. The van der Waals surface area contributed by atoms with Gasteiger partial charge in [-0.15, -0.1) is 0 Å². The van der Waals surface area contributed by atoms with Gasteiger partial charge in [-0.1, -0.05) is 28.1 Å². The monoisotopic (exact) mass is 383 g/mol. The fraction of sp³-hybridized carbons (Fsp3) is 0.125. The SMILES string of the molecule is O=C(COC(=O)Cc1ccc(F)cc1)Nc1ccc(Br)cc1F. The number of carbonyl (C=O) groups is 2. The van der Waals surface area contributed by atoms with E-state index in [1.807, 2.05) is 0 Å². The number of hydrogen-bond acceptors (Lipinski definition) is 3. The predicted octanol–water partition coefficient (Wildman–Crippen LogP) is 3.45. The molecule has 23 heavy (non-hydrogen) atoms. The summed E-state index contributed by atoms with van der Waals surface area (Å²) in [5.41, 5.74) is 0.559. The molecule has 2 rings (SSSR count). The summed E-state index contributed by atoms with van der Waals surface area (Å²) in [6.07, 6.45) is -0.0831. The van der Waals surface area contributed by atoms with Gasteiger partial charge in [-0.3, -0.25) is 9.59 Å². The minimum Gasteiger partial charge on any atom is -0.455 e. The lowest BCUT2D eigenvalue weighted by Crippen LogP contribution is -2.22. The van der Waals surface area contributed by atoms with E-state index in [1.54, 1.807) is 6.07 Å². The van der Waals surface area contributed by atoms with Crippen molar-refractivity contribution < 1.29 is 23.1 Å². The van der Waals surface area contributed by atoms with Gasteiger partial charge in [0, 0.05) is 4.47 Å². The molecule has 0 heterocycles. The van der Waals surface area contributed by atoms with E-state index in [0.29, 0.717) is 10.0 Å². The minimum atomic E-state index is -0.654. The van der Waals surface area contributed by atoms with Crippen LogP contribution in [0.1, 0.15) is 5.56 Å². The molecule has 1 N–H and O–H groups in total. The number of halogens is 3. The van der Waals surface area contributed by atoms with Crippen LogP contribution in [0.4, 0.5) is 14.5 Å². The molecule has 0 spiro atoms. The van der Waals surface area contributed by atoms with Crippen LogP contribution in [0.25, 0.3) is 0 Å². The summed E-state index contributed by atoms with van der Waals surface area (Å²) in [5, 5.41) is 2.30. The van der Waals surface area contributed by atoms with Gasteiger partial charge >= 0.3 is 5.97 Å². The Morgan fingerprint density at radius 3 is 2.43 bits per heavy atom. The van der Waals surface area contributed by atoms with Crippen LogP contribution < -0.4 is 5.32 Å². The van der Waals surface area contributed by atoms with Gasteiger partial charge in [-0.05, 0) is 35.9 Å². The van der Waals surface area contributed by atoms with Crippen LogP contribution in [-0.2, 0) is 20.7 Å². The van der Waals surface area contributed by atoms with Crippen LogP contribution in [0.5, 0.6) is 0 Å². The molecule has 0 aromatic heterocycles. The molecule has 2 aromatic carbocycles. The lowest BCUT2D eigenvalue weighted by molar-refractivity contribution is -0.146. The summed E-state index contributed by atoms with van der Waals surface area (Å²) in [6, 6.07) is 9.52. The highest BCUT2D eigenvalue weighted by Crippen LogP contribution is 2.19. The first kappa shape index (κ1) is 17.1. The summed E-state index contributed by atoms with van der Waals surface area (Å²) in [6.45, 7) is -0.532. The number of rotatable bonds is 5. The van der Waals surface area contributed by atoms with Gasteiger partial charge in [0.15, 0.2) is 6.61 Å². The Morgan fingerprint density at radius 1 is 1.09 bits per heavy atom. The molecule has 0 bridgehead atoms. The Balaban J connectivity index is 1.81. The maximum absolute atomic E-state index is 13.5. The third kappa shape index (κ3) is 5.45. The Kier molecular flexibility index (Phi) is 5.81. The number of anilines is 1. The van der Waals surface area contributed by atoms with Gasteiger partial charge in [0.1, 0.15) is 11.6 Å². The molecule has 0 atom stereocenters. The van der Waals surface area contributed by atoms with Crippen molar-refractivity contribution >= 4 is 33.5 Å². The van der Waals surface area contributed by atoms with Crippen LogP contribution >= 0.6 is 15.9 Å². The molecule has 0 unspecified atom stereocenters. The number of carbonyl (C=O) groups excluding carboxylic acids is 2. The normalized spacial score (nSPS) is 10.2. The molecule has 0 saturated heterocycles. The zero-order chi connectivity index (χ0) is 16.8. The molecule has 0 aliphatic rings. The number of ether oxygens (including phenoxy) is 1. The molecule has 1 amide bonds. The van der Waals surface area contributed by atoms with E-state index in [2.05, 4.69) is 21.2 Å². The molecule has 2 aromatic rings. The quantitative estimate of drug-likeness (QED) is 0.804. The fourth-order valence-electron chi connectivity index (χ4n) is 1.74. The van der Waals surface area contributed by atoms with E-state index >= 15 is 0 Å². The fourth-order valence-corrected chi connectivity index (χ4v) is 2.08. The lowest BCUT2D eigenvalue weighted by Gasteiger charge is -2.08. The number of hydrogen-bond donors (Lipinski definition) is 1. The third-order valence-corrected chi connectivity index (χ3v) is 3.32. The summed E-state index contributed by atoms with van der Waals surface area (Å²) >= 11 is 3.10. The third-order valence-electron chi connectivity index (χ3n) is 2.83. The molecule has 4 nitrogen and oxygen atoms in total. The van der Waals surface area contributed by atoms with Crippen LogP contribution in [0.15, 0.2) is 46.9 Å². The van der Waals surface area contributed by atoms with Crippen LogP contribution in [0.2, 0.25) is 0 Å². The van der Waals surface area contributed by atoms with Gasteiger partial charge < -0.3 is 10.1 Å². The van der Waals surface area contributed by atoms with Crippen LogP contribution in [0.3, 0.4) is 0 Å². The van der Waals surface area contributed by atoms with Crippen LogP contribution in [0, 0.1) is 11.6 Å². The first-order valence-electron chi connectivity index (χ1n) is 6.59. The van der Waals surface area contributed by atoms with E-state index in [4.69, 9.17) is 4.74 Å². The van der Waals surface area contributed by atoms with E-state index in [1.165, 1.54) is 36.4 Å². The largest absolute Gasteiger partial charge is 0.455 e. The molecule has 0 fully saturated rings. The Labute approximate surface area is 139 Å². The average molecular weight is 384 g/mol. The molecule has 7 heteroatoms. The maximum Gasteiger partial charge on any atom is 0.310 e. The first-order valence-corrected chi connectivity index (χ1v) is 7.38. The summed E-state index contributed by atoms with van der Waals surface area (Å²) in [7, 11) is 0. The van der Waals surface area contributed by atoms with E-state index < -0.39 is 30.1 Å². The highest BCUT2D eigenvalue weighted by Gasteiger charge is 2.11. The van der Waals surface area contributed by atoms with Crippen molar-refractivity contribution in [2.75, 3.05) is 11.9 Å². The Morgan fingerprint density at radius 2 is 1.78 bits per heavy atom. The predicted molar refractivity (Wildman–Crippen MR) is 83.8 cm³/mol. The second-order valence-corrected chi connectivity index (χ2v) is 5.55. The van der Waals surface area contributed by atoms with Gasteiger partial charge in [-0.25, -0.2) is 8.78 Å². The molecule has 0 aliphatic carbocycles. The second-order valence-electron chi connectivity index (χ2n) is 4.64. The molecule has 0 saturated carbocycles. The highest BCUT2D eigenvalue weighted by atomic mass is 79.9. The van der Waals surface area contributed by atoms with Crippen molar-refractivity contribution in [1.82, 2.24) is 0 Å². The van der Waals surface area contributed by atoms with E-state index in [0.717, 1.165) is 0 Å². The number of benzene rings is 2. The molecule has 0 radical (unpaired) electrons. The van der Waals surface area contributed by atoms with Gasteiger partial charge in [0.25, 0.3) is 5.91 Å². The van der Waals surface area contributed by atoms with Gasteiger partial charge in [-0.2, -0.15) is 0 Å². The standard InChI is InChI=1S/C16H12BrF2NO3/c17-11-3-6-14(13(19)8-11)20-15(21)9-23-16(22)7-10-1-4-12(18)5-2-10/h1-6,8H,7,9H2,(H,20,21). The summed E-state index contributed by atoms with van der Waals surface area (Å²) < 4.78 is 31.6. The smallest absolute Gasteiger partial charge is 0.310 e. The van der Waals surface area contributed by atoms with E-state index in [9.17, 15) is 18.4 Å². The zero-order valence-electron chi connectivity index (χ0n) is 11.8. The Bertz CT molecular complexity index is 720. The molecule has 0 aliphatic heterocycles. The van der Waals surface area contributed by atoms with Crippen molar-refractivity contribution in [2.45, 2.75) is 6.42 Å². The average Bonchev–Trinajstić information content (AvgIpc) is 2.50. The van der Waals surface area contributed by atoms with Crippen molar-refractivity contribution in [3.63, 3.8) is 0 Å². The number of esters is 1. The van der Waals surface area contributed by atoms with Crippen molar-refractivity contribution in [3.8, 4) is 0 Å². The highest BCUT2D eigenvalue weighted by molar-refractivity contribution is 9.10. The van der Waals surface area contributed by atoms with Gasteiger partial charge in [0.2, 0.25) is 0 Å². The number of amides is 1. The second kappa shape index (κ2) is 7.82. The van der Waals surface area contributed by atoms with E-state index in [-0.39, 0.29) is 12.1 Å². The molecular formula is C16H12BrF2NO3. The van der Waals surface area contributed by atoms with Crippen LogP contribution in [-0.4, -0.2) is 18.5 Å². The summed E-state index contributed by atoms with van der Waals surface area (Å²) in [5.74, 6) is -2.30. The lowest BCUT2D eigenvalue weighted by atomic mass is 10.1. The maximum atomic E-state index is 13.5. The zero-order valence-corrected chi connectivity index (χ0v) is 13.4. The minimum absolute atomic E-state index is 0.00668. The van der Waals surface area contributed by atoms with Crippen molar-refractivity contribution in [3.05, 3.63) is 64.1 Å². The van der Waals surface area contributed by atoms with Crippen molar-refractivity contribution in [1.29, 1.82) is 0 Å². The first-order chi connectivity index (χ1) is 10.9. The Hall–Kier alpha value is -2.28.